The van der Waals surface area contributed by atoms with Crippen LogP contribution in [0.2, 0.25) is 0 Å². The van der Waals surface area contributed by atoms with Crippen LogP contribution in [0.1, 0.15) is 39.0 Å². The minimum absolute atomic E-state index is 0. The van der Waals surface area contributed by atoms with Gasteiger partial charge in [-0.15, -0.1) is 12.4 Å². The fourth-order valence-electron chi connectivity index (χ4n) is 3.68. The molecule has 1 amide bonds. The standard InChI is InChI=1S/C20H30N2O3.ClH/c1-15(16-8-10-21-11-9-16)13-20(23)22-17-4-6-18(7-5-17)25-14-19-3-2-12-24-19;/h4-7,15-16,19,21H,2-3,8-14H2,1H3,(H,22,23);1H. The average Bonchev–Trinajstić information content (AvgIpc) is 3.15. The van der Waals surface area contributed by atoms with Crippen LogP contribution in [0.3, 0.4) is 0 Å². The third kappa shape index (κ3) is 6.45. The fraction of sp³-hybridized carbons (Fsp3) is 0.650. The van der Waals surface area contributed by atoms with Crippen LogP contribution in [0.15, 0.2) is 24.3 Å². The molecule has 3 rings (SSSR count). The second kappa shape index (κ2) is 10.8. The van der Waals surface area contributed by atoms with Crippen molar-refractivity contribution in [2.24, 2.45) is 11.8 Å². The van der Waals surface area contributed by atoms with Gasteiger partial charge in [-0.05, 0) is 74.9 Å². The molecule has 2 aliphatic heterocycles. The summed E-state index contributed by atoms with van der Waals surface area (Å²) in [7, 11) is 0. The average molecular weight is 383 g/mol. The van der Waals surface area contributed by atoms with Crippen molar-refractivity contribution in [3.8, 4) is 5.75 Å². The van der Waals surface area contributed by atoms with Crippen molar-refractivity contribution in [3.63, 3.8) is 0 Å². The Morgan fingerprint density at radius 2 is 2.00 bits per heavy atom. The Bertz CT molecular complexity index is 540. The van der Waals surface area contributed by atoms with E-state index in [0.29, 0.717) is 24.9 Å². The molecule has 0 spiro atoms. The monoisotopic (exact) mass is 382 g/mol. The lowest BCUT2D eigenvalue weighted by atomic mass is 9.84. The molecule has 2 atom stereocenters. The van der Waals surface area contributed by atoms with Crippen LogP contribution >= 0.6 is 12.4 Å². The summed E-state index contributed by atoms with van der Waals surface area (Å²) in [5.74, 6) is 1.99. The van der Waals surface area contributed by atoms with E-state index >= 15 is 0 Å². The van der Waals surface area contributed by atoms with Gasteiger partial charge in [0.2, 0.25) is 5.91 Å². The molecule has 1 aromatic rings. The highest BCUT2D eigenvalue weighted by Crippen LogP contribution is 2.25. The summed E-state index contributed by atoms with van der Waals surface area (Å²) in [4.78, 5) is 12.3. The number of hydrogen-bond acceptors (Lipinski definition) is 4. The Balaban J connectivity index is 0.00000243. The van der Waals surface area contributed by atoms with Gasteiger partial charge < -0.3 is 20.1 Å². The van der Waals surface area contributed by atoms with E-state index in [-0.39, 0.29) is 24.4 Å². The second-order valence-corrected chi connectivity index (χ2v) is 7.29. The fourth-order valence-corrected chi connectivity index (χ4v) is 3.68. The molecule has 0 aliphatic carbocycles. The lowest BCUT2D eigenvalue weighted by Gasteiger charge is -2.27. The molecule has 26 heavy (non-hydrogen) atoms. The Labute approximate surface area is 162 Å². The first-order chi connectivity index (χ1) is 12.2. The van der Waals surface area contributed by atoms with Crippen molar-refractivity contribution in [2.45, 2.75) is 45.1 Å². The number of hydrogen-bond donors (Lipinski definition) is 2. The number of halogens is 1. The molecule has 2 fully saturated rings. The number of amides is 1. The predicted molar refractivity (Wildman–Crippen MR) is 106 cm³/mol. The summed E-state index contributed by atoms with van der Waals surface area (Å²) in [6.07, 6.45) is 5.34. The second-order valence-electron chi connectivity index (χ2n) is 7.29. The highest BCUT2D eigenvalue weighted by Gasteiger charge is 2.22. The molecule has 2 heterocycles. The minimum Gasteiger partial charge on any atom is -0.491 e. The van der Waals surface area contributed by atoms with Crippen LogP contribution in [0.25, 0.3) is 0 Å². The number of anilines is 1. The van der Waals surface area contributed by atoms with E-state index in [0.717, 1.165) is 44.0 Å². The molecule has 0 aromatic heterocycles. The van der Waals surface area contributed by atoms with Crippen molar-refractivity contribution in [2.75, 3.05) is 31.6 Å². The Morgan fingerprint density at radius 3 is 2.65 bits per heavy atom. The SMILES string of the molecule is CC(CC(=O)Nc1ccc(OCC2CCCO2)cc1)C1CCNCC1.Cl. The molecule has 0 radical (unpaired) electrons. The number of carbonyl (C=O) groups is 1. The van der Waals surface area contributed by atoms with E-state index in [2.05, 4.69) is 17.6 Å². The zero-order valence-electron chi connectivity index (χ0n) is 15.5. The van der Waals surface area contributed by atoms with E-state index in [1.807, 2.05) is 24.3 Å². The minimum atomic E-state index is 0. The van der Waals surface area contributed by atoms with Crippen molar-refractivity contribution in [3.05, 3.63) is 24.3 Å². The maximum absolute atomic E-state index is 12.3. The summed E-state index contributed by atoms with van der Waals surface area (Å²) in [5, 5.41) is 6.38. The van der Waals surface area contributed by atoms with E-state index in [1.54, 1.807) is 0 Å². The van der Waals surface area contributed by atoms with Crippen LogP contribution in [-0.2, 0) is 9.53 Å². The molecule has 2 N–H and O–H groups in total. The predicted octanol–water partition coefficient (Wildman–Crippen LogP) is 3.63. The van der Waals surface area contributed by atoms with Gasteiger partial charge in [0.25, 0.3) is 0 Å². The maximum Gasteiger partial charge on any atom is 0.224 e. The number of piperidine rings is 1. The normalized spacial score (nSPS) is 21.7. The van der Waals surface area contributed by atoms with Gasteiger partial charge in [0.05, 0.1) is 6.10 Å². The third-order valence-electron chi connectivity index (χ3n) is 5.29. The van der Waals surface area contributed by atoms with E-state index in [4.69, 9.17) is 9.47 Å². The van der Waals surface area contributed by atoms with Crippen molar-refractivity contribution in [1.29, 1.82) is 0 Å². The third-order valence-corrected chi connectivity index (χ3v) is 5.29. The largest absolute Gasteiger partial charge is 0.491 e. The van der Waals surface area contributed by atoms with Crippen molar-refractivity contribution >= 4 is 24.0 Å². The van der Waals surface area contributed by atoms with Gasteiger partial charge in [-0.2, -0.15) is 0 Å². The van der Waals surface area contributed by atoms with E-state index < -0.39 is 0 Å². The summed E-state index contributed by atoms with van der Waals surface area (Å²) >= 11 is 0. The number of nitrogens with one attached hydrogen (secondary N) is 2. The van der Waals surface area contributed by atoms with Crippen LogP contribution in [0.5, 0.6) is 5.75 Å². The van der Waals surface area contributed by atoms with Gasteiger partial charge in [0, 0.05) is 18.7 Å². The van der Waals surface area contributed by atoms with Crippen LogP contribution in [-0.4, -0.2) is 38.3 Å². The number of carbonyl (C=O) groups excluding carboxylic acids is 1. The Hall–Kier alpha value is -1.30. The molecule has 5 nitrogen and oxygen atoms in total. The first-order valence-corrected chi connectivity index (χ1v) is 9.56. The molecule has 2 unspecified atom stereocenters. The Morgan fingerprint density at radius 1 is 1.27 bits per heavy atom. The summed E-state index contributed by atoms with van der Waals surface area (Å²) in [6, 6.07) is 7.61. The smallest absolute Gasteiger partial charge is 0.224 e. The molecule has 6 heteroatoms. The first kappa shape index (κ1) is 21.0. The lowest BCUT2D eigenvalue weighted by molar-refractivity contribution is -0.117. The van der Waals surface area contributed by atoms with Gasteiger partial charge in [-0.25, -0.2) is 0 Å². The summed E-state index contributed by atoms with van der Waals surface area (Å²) in [5.41, 5.74) is 0.826. The number of benzene rings is 1. The Kier molecular flexibility index (Phi) is 8.69. The lowest BCUT2D eigenvalue weighted by Crippen LogP contribution is -2.32. The first-order valence-electron chi connectivity index (χ1n) is 9.56. The number of rotatable bonds is 7. The molecular formula is C20H31ClN2O3. The zero-order valence-corrected chi connectivity index (χ0v) is 16.4. The summed E-state index contributed by atoms with van der Waals surface area (Å²) in [6.45, 7) is 5.78. The van der Waals surface area contributed by atoms with E-state index in [9.17, 15) is 4.79 Å². The maximum atomic E-state index is 12.3. The van der Waals surface area contributed by atoms with Gasteiger partial charge in [0.15, 0.2) is 0 Å². The molecule has 0 saturated carbocycles. The molecule has 146 valence electrons. The van der Waals surface area contributed by atoms with Crippen molar-refractivity contribution < 1.29 is 14.3 Å². The van der Waals surface area contributed by atoms with E-state index in [1.165, 1.54) is 12.8 Å². The van der Waals surface area contributed by atoms with Crippen LogP contribution < -0.4 is 15.4 Å². The number of ether oxygens (including phenoxy) is 2. The highest BCUT2D eigenvalue weighted by atomic mass is 35.5. The van der Waals surface area contributed by atoms with Crippen molar-refractivity contribution in [1.82, 2.24) is 5.32 Å². The zero-order chi connectivity index (χ0) is 17.5. The molecule has 1 aromatic carbocycles. The quantitative estimate of drug-likeness (QED) is 0.756. The van der Waals surface area contributed by atoms with Crippen LogP contribution in [0.4, 0.5) is 5.69 Å². The van der Waals surface area contributed by atoms with Gasteiger partial charge in [0.1, 0.15) is 12.4 Å². The summed E-state index contributed by atoms with van der Waals surface area (Å²) < 4.78 is 11.3. The topological polar surface area (TPSA) is 59.6 Å². The highest BCUT2D eigenvalue weighted by molar-refractivity contribution is 5.90. The van der Waals surface area contributed by atoms with Crippen LogP contribution in [0, 0.1) is 11.8 Å². The van der Waals surface area contributed by atoms with Gasteiger partial charge in [-0.3, -0.25) is 4.79 Å². The van der Waals surface area contributed by atoms with Gasteiger partial charge in [-0.1, -0.05) is 6.92 Å². The molecule has 0 bridgehead atoms. The molecular weight excluding hydrogens is 352 g/mol. The molecule has 2 aliphatic rings. The van der Waals surface area contributed by atoms with Gasteiger partial charge >= 0.3 is 0 Å². The molecule has 2 saturated heterocycles.